The number of aliphatic carboxylic acids is 1. The van der Waals surface area contributed by atoms with E-state index >= 15 is 0 Å². The van der Waals surface area contributed by atoms with Crippen LogP contribution >= 0.6 is 0 Å². The largest absolute Gasteiger partial charge is 0.481 e. The summed E-state index contributed by atoms with van der Waals surface area (Å²) in [6, 6.07) is 8.20. The lowest BCUT2D eigenvalue weighted by Crippen LogP contribution is -1.99. The molecule has 0 unspecified atom stereocenters. The van der Waals surface area contributed by atoms with E-state index in [9.17, 15) is 4.79 Å². The summed E-state index contributed by atoms with van der Waals surface area (Å²) < 4.78 is 2.04. The number of para-hydroxylation sites is 1. The number of nitrogens with zero attached hydrogens (tertiary/aromatic N) is 2. The van der Waals surface area contributed by atoms with Gasteiger partial charge in [-0.3, -0.25) is 4.79 Å². The summed E-state index contributed by atoms with van der Waals surface area (Å²) in [5, 5.41) is 8.72. The van der Waals surface area contributed by atoms with Gasteiger partial charge in [0.1, 0.15) is 5.82 Å². The quantitative estimate of drug-likeness (QED) is 0.897. The molecule has 100 valence electrons. The predicted molar refractivity (Wildman–Crippen MR) is 73.6 cm³/mol. The summed E-state index contributed by atoms with van der Waals surface area (Å²) in [5.41, 5.74) is 3.20. The summed E-state index contributed by atoms with van der Waals surface area (Å²) in [4.78, 5) is 15.0. The molecule has 1 N–H and O–H groups in total. The van der Waals surface area contributed by atoms with Crippen molar-refractivity contribution in [1.29, 1.82) is 0 Å². The minimum absolute atomic E-state index is 0.117. The number of aromatic nitrogens is 2. The molecule has 1 aromatic heterocycles. The Bertz CT molecular complexity index is 588. The van der Waals surface area contributed by atoms with Crippen LogP contribution in [0.25, 0.3) is 5.69 Å². The number of carbonyl (C=O) groups is 1. The van der Waals surface area contributed by atoms with Crippen LogP contribution in [-0.4, -0.2) is 20.6 Å². The minimum atomic E-state index is -0.791. The molecule has 0 saturated carbocycles. The number of benzene rings is 1. The zero-order valence-corrected chi connectivity index (χ0v) is 11.3. The first kappa shape index (κ1) is 13.3. The molecule has 0 atom stereocenters. The van der Waals surface area contributed by atoms with Crippen LogP contribution in [0.15, 0.2) is 30.5 Å². The molecular weight excluding hydrogens is 240 g/mol. The standard InChI is InChI=1S/C15H18N2O2/c1-3-12-6-4-5-7-14(12)17-10-13(16-11(17)2)8-9-15(18)19/h4-7,10H,3,8-9H2,1-2H3,(H,18,19). The van der Waals surface area contributed by atoms with Crippen molar-refractivity contribution in [3.8, 4) is 5.69 Å². The van der Waals surface area contributed by atoms with Crippen molar-refractivity contribution < 1.29 is 9.90 Å². The zero-order chi connectivity index (χ0) is 13.8. The molecule has 4 nitrogen and oxygen atoms in total. The Hall–Kier alpha value is -2.10. The van der Waals surface area contributed by atoms with Crippen LogP contribution in [0.1, 0.15) is 30.4 Å². The van der Waals surface area contributed by atoms with E-state index in [1.807, 2.05) is 29.8 Å². The van der Waals surface area contributed by atoms with E-state index in [4.69, 9.17) is 5.11 Å². The van der Waals surface area contributed by atoms with E-state index in [-0.39, 0.29) is 6.42 Å². The fourth-order valence-corrected chi connectivity index (χ4v) is 2.18. The van der Waals surface area contributed by atoms with Crippen LogP contribution in [0.2, 0.25) is 0 Å². The molecular formula is C15H18N2O2. The van der Waals surface area contributed by atoms with Crippen molar-refractivity contribution in [3.63, 3.8) is 0 Å². The molecule has 0 fully saturated rings. The maximum absolute atomic E-state index is 10.6. The summed E-state index contributed by atoms with van der Waals surface area (Å²) in [7, 11) is 0. The van der Waals surface area contributed by atoms with Crippen molar-refractivity contribution in [2.24, 2.45) is 0 Å². The number of rotatable bonds is 5. The smallest absolute Gasteiger partial charge is 0.303 e. The second-order valence-corrected chi connectivity index (χ2v) is 4.53. The van der Waals surface area contributed by atoms with E-state index in [2.05, 4.69) is 24.0 Å². The monoisotopic (exact) mass is 258 g/mol. The van der Waals surface area contributed by atoms with Crippen LogP contribution in [0.3, 0.4) is 0 Å². The van der Waals surface area contributed by atoms with E-state index in [0.29, 0.717) is 6.42 Å². The van der Waals surface area contributed by atoms with Crippen molar-refractivity contribution in [3.05, 3.63) is 47.5 Å². The van der Waals surface area contributed by atoms with Gasteiger partial charge in [-0.2, -0.15) is 0 Å². The van der Waals surface area contributed by atoms with E-state index < -0.39 is 5.97 Å². The van der Waals surface area contributed by atoms with Gasteiger partial charge in [0, 0.05) is 18.3 Å². The highest BCUT2D eigenvalue weighted by atomic mass is 16.4. The topological polar surface area (TPSA) is 55.1 Å². The van der Waals surface area contributed by atoms with Gasteiger partial charge in [-0.25, -0.2) is 4.98 Å². The molecule has 0 aliphatic carbocycles. The normalized spacial score (nSPS) is 10.6. The Labute approximate surface area is 112 Å². The fraction of sp³-hybridized carbons (Fsp3) is 0.333. The third kappa shape index (κ3) is 3.02. The first-order valence-electron chi connectivity index (χ1n) is 6.46. The fourth-order valence-electron chi connectivity index (χ4n) is 2.18. The van der Waals surface area contributed by atoms with Gasteiger partial charge in [0.2, 0.25) is 0 Å². The highest BCUT2D eigenvalue weighted by Crippen LogP contribution is 2.18. The van der Waals surface area contributed by atoms with E-state index in [1.54, 1.807) is 0 Å². The van der Waals surface area contributed by atoms with Gasteiger partial charge in [-0.05, 0) is 25.0 Å². The average molecular weight is 258 g/mol. The highest BCUT2D eigenvalue weighted by molar-refractivity contribution is 5.66. The number of imidazole rings is 1. The van der Waals surface area contributed by atoms with Crippen LogP contribution in [0.5, 0.6) is 0 Å². The Balaban J connectivity index is 2.32. The predicted octanol–water partition coefficient (Wildman–Crippen LogP) is 2.76. The van der Waals surface area contributed by atoms with E-state index in [0.717, 1.165) is 23.6 Å². The van der Waals surface area contributed by atoms with Crippen LogP contribution in [-0.2, 0) is 17.6 Å². The van der Waals surface area contributed by atoms with Crippen molar-refractivity contribution in [2.45, 2.75) is 33.1 Å². The Morgan fingerprint density at radius 2 is 2.11 bits per heavy atom. The van der Waals surface area contributed by atoms with E-state index in [1.165, 1.54) is 5.56 Å². The van der Waals surface area contributed by atoms with Gasteiger partial charge in [0.15, 0.2) is 0 Å². The lowest BCUT2D eigenvalue weighted by atomic mass is 10.1. The van der Waals surface area contributed by atoms with Gasteiger partial charge in [0.25, 0.3) is 0 Å². The molecule has 0 radical (unpaired) electrons. The molecule has 4 heteroatoms. The molecule has 2 aromatic rings. The average Bonchev–Trinajstić information content (AvgIpc) is 2.77. The van der Waals surface area contributed by atoms with Crippen LogP contribution in [0, 0.1) is 6.92 Å². The molecule has 0 aliphatic rings. The Morgan fingerprint density at radius 3 is 2.79 bits per heavy atom. The maximum Gasteiger partial charge on any atom is 0.303 e. The molecule has 2 rings (SSSR count). The first-order chi connectivity index (χ1) is 9.11. The lowest BCUT2D eigenvalue weighted by Gasteiger charge is -2.09. The van der Waals surface area contributed by atoms with Gasteiger partial charge < -0.3 is 9.67 Å². The third-order valence-corrected chi connectivity index (χ3v) is 3.16. The minimum Gasteiger partial charge on any atom is -0.481 e. The molecule has 0 saturated heterocycles. The van der Waals surface area contributed by atoms with Crippen LogP contribution < -0.4 is 0 Å². The molecule has 0 aliphatic heterocycles. The van der Waals surface area contributed by atoms with Gasteiger partial charge in [0.05, 0.1) is 12.1 Å². The third-order valence-electron chi connectivity index (χ3n) is 3.16. The number of hydrogen-bond acceptors (Lipinski definition) is 2. The number of carboxylic acid groups (broad SMARTS) is 1. The van der Waals surface area contributed by atoms with Gasteiger partial charge in [-0.1, -0.05) is 25.1 Å². The van der Waals surface area contributed by atoms with Gasteiger partial charge in [-0.15, -0.1) is 0 Å². The highest BCUT2D eigenvalue weighted by Gasteiger charge is 2.09. The molecule has 0 amide bonds. The Kier molecular flexibility index (Phi) is 4.00. The number of hydrogen-bond donors (Lipinski definition) is 1. The number of carboxylic acids is 1. The lowest BCUT2D eigenvalue weighted by molar-refractivity contribution is -0.136. The van der Waals surface area contributed by atoms with Crippen molar-refractivity contribution in [2.75, 3.05) is 0 Å². The summed E-state index contributed by atoms with van der Waals surface area (Å²) in [5.74, 6) is 0.0995. The number of aryl methyl sites for hydroxylation is 3. The van der Waals surface area contributed by atoms with Crippen LogP contribution in [0.4, 0.5) is 0 Å². The molecule has 19 heavy (non-hydrogen) atoms. The summed E-state index contributed by atoms with van der Waals surface area (Å²) >= 11 is 0. The molecule has 0 spiro atoms. The Morgan fingerprint density at radius 1 is 1.37 bits per heavy atom. The molecule has 1 aromatic carbocycles. The van der Waals surface area contributed by atoms with Crippen molar-refractivity contribution in [1.82, 2.24) is 9.55 Å². The molecule has 1 heterocycles. The second kappa shape index (κ2) is 5.69. The van der Waals surface area contributed by atoms with Gasteiger partial charge >= 0.3 is 5.97 Å². The molecule has 0 bridgehead atoms. The summed E-state index contributed by atoms with van der Waals surface area (Å²) in [6.07, 6.45) is 3.48. The first-order valence-corrected chi connectivity index (χ1v) is 6.46. The van der Waals surface area contributed by atoms with Crippen molar-refractivity contribution >= 4 is 5.97 Å². The summed E-state index contributed by atoms with van der Waals surface area (Å²) in [6.45, 7) is 4.06. The SMILES string of the molecule is CCc1ccccc1-n1cc(CCC(=O)O)nc1C. The zero-order valence-electron chi connectivity index (χ0n) is 11.3. The maximum atomic E-state index is 10.6. The second-order valence-electron chi connectivity index (χ2n) is 4.53.